The quantitative estimate of drug-likeness (QED) is 0.119. The summed E-state index contributed by atoms with van der Waals surface area (Å²) in [4.78, 5) is 54.8. The first-order valence-corrected chi connectivity index (χ1v) is 32.4. The molecule has 10 heterocycles. The largest absolute Gasteiger partial charge is 0.494 e. The Balaban J connectivity index is 0.000000118. The van der Waals surface area contributed by atoms with Crippen LogP contribution in [0.2, 0.25) is 5.15 Å². The molecule has 0 amide bonds. The molecule has 0 atom stereocenters. The second kappa shape index (κ2) is 30.0. The van der Waals surface area contributed by atoms with Gasteiger partial charge in [-0.2, -0.15) is 9.97 Å². The number of anilines is 3. The zero-order valence-corrected chi connectivity index (χ0v) is 56.3. The first-order chi connectivity index (χ1) is 44.4. The van der Waals surface area contributed by atoms with E-state index < -0.39 is 7.12 Å². The van der Waals surface area contributed by atoms with Gasteiger partial charge in [0, 0.05) is 64.9 Å². The molecular weight excluding hydrogens is 1390 g/mol. The third-order valence-electron chi connectivity index (χ3n) is 15.6. The molecule has 0 saturated carbocycles. The summed E-state index contributed by atoms with van der Waals surface area (Å²) in [5.41, 5.74) is 24.0. The molecule has 27 heteroatoms. The molecule has 6 N–H and O–H groups in total. The molecule has 92 heavy (non-hydrogen) atoms. The van der Waals surface area contributed by atoms with Crippen molar-refractivity contribution in [3.8, 4) is 11.1 Å². The van der Waals surface area contributed by atoms with Crippen molar-refractivity contribution in [2.24, 2.45) is 0 Å². The van der Waals surface area contributed by atoms with Crippen LogP contribution in [0.25, 0.3) is 77.5 Å². The fourth-order valence-corrected chi connectivity index (χ4v) is 11.2. The molecule has 4 aliphatic rings. The number of nitrogens with two attached hydrogens (primary N) is 2. The number of nitrogens with zero attached hydrogens (tertiary/aromatic N) is 10. The lowest BCUT2D eigenvalue weighted by Crippen LogP contribution is -2.41. The first-order valence-electron chi connectivity index (χ1n) is 29.7. The minimum absolute atomic E-state index is 0.168. The molecule has 4 fully saturated rings. The summed E-state index contributed by atoms with van der Waals surface area (Å²) < 4.78 is 41.3. The Bertz CT molecular complexity index is 4520. The van der Waals surface area contributed by atoms with Gasteiger partial charge in [0.1, 0.15) is 22.0 Å². The van der Waals surface area contributed by atoms with Crippen molar-refractivity contribution in [2.75, 3.05) is 82.2 Å². The van der Waals surface area contributed by atoms with E-state index in [4.69, 9.17) is 60.4 Å². The van der Waals surface area contributed by atoms with Gasteiger partial charge < -0.3 is 59.0 Å². The second-order valence-corrected chi connectivity index (χ2v) is 25.7. The highest BCUT2D eigenvalue weighted by Crippen LogP contribution is 2.37. The fraction of sp³-hybridized carbons (Fsp3) is 0.292. The van der Waals surface area contributed by atoms with Gasteiger partial charge >= 0.3 is 7.12 Å². The molecule has 12 aromatic rings. The number of nitrogens with one attached hydrogen (secondary N) is 2. The number of benzene rings is 6. The molecule has 16 rings (SSSR count). The lowest BCUT2D eigenvalue weighted by molar-refractivity contribution is 0.00578. The van der Waals surface area contributed by atoms with Crippen molar-refractivity contribution in [1.82, 2.24) is 55.2 Å². The zero-order valence-electron chi connectivity index (χ0n) is 50.7. The number of hydrogen-bond donors (Lipinski definition) is 4. The van der Waals surface area contributed by atoms with Crippen LogP contribution in [-0.4, -0.2) is 134 Å². The van der Waals surface area contributed by atoms with Crippen LogP contribution in [0.15, 0.2) is 161 Å². The van der Waals surface area contributed by atoms with E-state index in [1.807, 2.05) is 137 Å². The van der Waals surface area contributed by atoms with Gasteiger partial charge in [-0.25, -0.2) is 19.9 Å². The highest BCUT2D eigenvalue weighted by atomic mass is 79.9. The van der Waals surface area contributed by atoms with Crippen molar-refractivity contribution in [3.63, 3.8) is 0 Å². The van der Waals surface area contributed by atoms with E-state index in [1.54, 1.807) is 0 Å². The van der Waals surface area contributed by atoms with Crippen LogP contribution in [0.3, 0.4) is 0 Å². The number of hydrogen-bond acceptors (Lipinski definition) is 21. The Labute approximate surface area is 559 Å². The molecule has 6 aromatic carbocycles. The predicted octanol–water partition coefficient (Wildman–Crippen LogP) is 12.2. The highest BCUT2D eigenvalue weighted by Gasteiger charge is 2.51. The molecule has 6 aromatic heterocycles. The van der Waals surface area contributed by atoms with Crippen LogP contribution < -0.4 is 32.7 Å². The first kappa shape index (κ1) is 65.9. The summed E-state index contributed by atoms with van der Waals surface area (Å²) in [5.74, 6) is 1.36. The van der Waals surface area contributed by atoms with Gasteiger partial charge in [-0.3, -0.25) is 19.7 Å². The van der Waals surface area contributed by atoms with Crippen LogP contribution in [0.5, 0.6) is 0 Å². The molecule has 4 saturated heterocycles. The Morgan fingerprint density at radius 3 is 1.67 bits per heavy atom. The van der Waals surface area contributed by atoms with Gasteiger partial charge in [0.2, 0.25) is 0 Å². The number of ether oxygens (including phenoxy) is 3. The zero-order chi connectivity index (χ0) is 64.4. The van der Waals surface area contributed by atoms with E-state index >= 15 is 0 Å². The SMILES string of the molecule is Brc1ccc2ncc(N3CCOCC3)nc2c1.C1COCCN1.CC1(C)OB(c2ccc3oc(N)nc3c2)OC1(C)C.Clc1cnc2ccc(Br)cc2n1.Nc1nc2cc(-c3ccc4ncc(C5CCOCC5)nc4c3)ccc2o1.O=c1cnc2ccc(Br)cc2[nH]1. The molecule has 474 valence electrons. The second-order valence-electron chi connectivity index (χ2n) is 22.5. The number of rotatable bonds is 4. The number of aromatic nitrogens is 10. The summed E-state index contributed by atoms with van der Waals surface area (Å²) in [6.07, 6.45) is 8.56. The Morgan fingerprint density at radius 2 is 1.04 bits per heavy atom. The molecule has 0 radical (unpaired) electrons. The number of fused-ring (bicyclic) bond motifs is 6. The number of H-pyrrole nitrogens is 1. The van der Waals surface area contributed by atoms with Gasteiger partial charge in [0.05, 0.1) is 106 Å². The topological polar surface area (TPSA) is 289 Å². The van der Waals surface area contributed by atoms with Crippen molar-refractivity contribution in [2.45, 2.75) is 57.7 Å². The summed E-state index contributed by atoms with van der Waals surface area (Å²) in [5, 5.41) is 3.58. The van der Waals surface area contributed by atoms with E-state index in [-0.39, 0.29) is 28.8 Å². The molecular formula is C65H65BBr3ClN14O8. The molecule has 0 aliphatic carbocycles. The van der Waals surface area contributed by atoms with Crippen LogP contribution in [0, 0.1) is 0 Å². The third kappa shape index (κ3) is 17.0. The average molecular weight is 1460 g/mol. The number of halogens is 4. The maximum absolute atomic E-state index is 10.9. The van der Waals surface area contributed by atoms with Gasteiger partial charge in [0.25, 0.3) is 17.6 Å². The van der Waals surface area contributed by atoms with E-state index in [0.29, 0.717) is 27.8 Å². The van der Waals surface area contributed by atoms with Gasteiger partial charge in [-0.05, 0) is 148 Å². The average Bonchev–Trinajstić information content (AvgIpc) is 1.62. The highest BCUT2D eigenvalue weighted by molar-refractivity contribution is 9.11. The van der Waals surface area contributed by atoms with E-state index in [9.17, 15) is 4.79 Å². The van der Waals surface area contributed by atoms with E-state index in [1.165, 1.54) is 12.4 Å². The van der Waals surface area contributed by atoms with Crippen molar-refractivity contribution in [1.29, 1.82) is 0 Å². The maximum Gasteiger partial charge on any atom is 0.494 e. The molecule has 4 aliphatic heterocycles. The summed E-state index contributed by atoms with van der Waals surface area (Å²) in [6, 6.07) is 35.2. The minimum atomic E-state index is -0.396. The van der Waals surface area contributed by atoms with Gasteiger partial charge in [0.15, 0.2) is 11.2 Å². The van der Waals surface area contributed by atoms with E-state index in [0.717, 1.165) is 170 Å². The van der Waals surface area contributed by atoms with Crippen molar-refractivity contribution < 1.29 is 32.4 Å². The van der Waals surface area contributed by atoms with Crippen LogP contribution in [0.1, 0.15) is 52.1 Å². The molecule has 0 spiro atoms. The summed E-state index contributed by atoms with van der Waals surface area (Å²) >= 11 is 15.8. The normalized spacial score (nSPS) is 16.1. The van der Waals surface area contributed by atoms with Crippen LogP contribution >= 0.6 is 59.4 Å². The standard InChI is InChI=1S/C20H18N4O2.C13H17BN2O3.C12H12BrN3O.C8H4BrClN2.C8H5BrN2O.C4H9NO/c21-20-24-17-10-14(2-4-19(17)26-20)13-1-3-15-16(9-13)23-18(11-22-15)12-5-7-25-8-6-12;1-12(2)13(3,4)19-14(18-12)8-5-6-10-9(7-8)16-11(15)17-10;13-9-1-2-10-11(7-9)15-12(8-14-10)16-3-5-17-6-4-16;9-5-1-2-6-7(3-5)12-8(10)4-11-6;9-5-1-2-6-7(3-5)11-8(12)4-10-6;1-3-6-4-2-5-1/h1-4,9-12H,5-8H2,(H2,21,24);5-7H,1-4H3,(H2,15,16);1-2,7-8H,3-6H2;1-4H;1-4H,(H,11,12);5H,1-4H2. The summed E-state index contributed by atoms with van der Waals surface area (Å²) in [6.45, 7) is 16.8. The van der Waals surface area contributed by atoms with Gasteiger partial charge in [-0.1, -0.05) is 77.6 Å². The number of oxazole rings is 2. The number of nitrogen functional groups attached to an aromatic ring is 2. The van der Waals surface area contributed by atoms with Crippen LogP contribution in [-0.2, 0) is 23.5 Å². The molecule has 22 nitrogen and oxygen atoms in total. The predicted molar refractivity (Wildman–Crippen MR) is 370 cm³/mol. The smallest absolute Gasteiger partial charge is 0.424 e. The van der Waals surface area contributed by atoms with Crippen molar-refractivity contribution in [3.05, 3.63) is 169 Å². The lowest BCUT2D eigenvalue weighted by atomic mass is 9.79. The Morgan fingerprint density at radius 1 is 0.533 bits per heavy atom. The monoisotopic (exact) mass is 1450 g/mol. The Kier molecular flexibility index (Phi) is 21.5. The fourth-order valence-electron chi connectivity index (χ4n) is 10.0. The maximum atomic E-state index is 10.9. The summed E-state index contributed by atoms with van der Waals surface area (Å²) in [7, 11) is -0.396. The lowest BCUT2D eigenvalue weighted by Gasteiger charge is -2.32. The van der Waals surface area contributed by atoms with Gasteiger partial charge in [-0.15, -0.1) is 0 Å². The van der Waals surface area contributed by atoms with Crippen molar-refractivity contribution >= 4 is 156 Å². The van der Waals surface area contributed by atoms with Crippen LogP contribution in [0.4, 0.5) is 17.8 Å². The number of morpholine rings is 2. The Hall–Kier alpha value is -7.63. The third-order valence-corrected chi connectivity index (χ3v) is 17.2. The number of aromatic amines is 1. The van der Waals surface area contributed by atoms with E-state index in [2.05, 4.69) is 115 Å². The molecule has 0 unspecified atom stereocenters. The minimum Gasteiger partial charge on any atom is -0.424 e. The molecule has 0 bridgehead atoms.